The van der Waals surface area contributed by atoms with Gasteiger partial charge in [0.25, 0.3) is 0 Å². The van der Waals surface area contributed by atoms with Crippen molar-refractivity contribution in [2.75, 3.05) is 6.54 Å². The molecule has 0 radical (unpaired) electrons. The van der Waals surface area contributed by atoms with Gasteiger partial charge in [-0.15, -0.1) is 0 Å². The summed E-state index contributed by atoms with van der Waals surface area (Å²) < 4.78 is 20.7. The topological polar surface area (TPSA) is 52.0 Å². The van der Waals surface area contributed by atoms with Gasteiger partial charge in [0.05, 0.1) is 0 Å². The first-order chi connectivity index (χ1) is 9.70. The number of benzene rings is 1. The fourth-order valence-electron chi connectivity index (χ4n) is 1.82. The van der Waals surface area contributed by atoms with Gasteiger partial charge >= 0.3 is 0 Å². The van der Waals surface area contributed by atoms with Crippen molar-refractivity contribution >= 4 is 0 Å². The molecule has 1 aromatic carbocycles. The number of rotatable bonds is 7. The molecule has 0 atom stereocenters. The molecule has 0 saturated heterocycles. The summed E-state index contributed by atoms with van der Waals surface area (Å²) in [5, 5.41) is 7.22. The Morgan fingerprint density at radius 1 is 1.40 bits per heavy atom. The van der Waals surface area contributed by atoms with Gasteiger partial charge in [-0.2, -0.15) is 5.10 Å². The second kappa shape index (κ2) is 7.00. The van der Waals surface area contributed by atoms with Crippen LogP contribution >= 0.6 is 0 Å². The summed E-state index contributed by atoms with van der Waals surface area (Å²) in [6.45, 7) is 3.87. The van der Waals surface area contributed by atoms with E-state index in [4.69, 9.17) is 4.74 Å². The van der Waals surface area contributed by atoms with Gasteiger partial charge in [-0.1, -0.05) is 6.92 Å². The summed E-state index contributed by atoms with van der Waals surface area (Å²) in [5.74, 6) is 1.13. The normalized spacial score (nSPS) is 10.8. The van der Waals surface area contributed by atoms with Gasteiger partial charge in [0.15, 0.2) is 5.82 Å². The van der Waals surface area contributed by atoms with Crippen LogP contribution in [0.25, 0.3) is 0 Å². The van der Waals surface area contributed by atoms with Crippen LogP contribution in [0.2, 0.25) is 0 Å². The van der Waals surface area contributed by atoms with Gasteiger partial charge in [-0.05, 0) is 31.2 Å². The molecular formula is C14H19FN4O. The van der Waals surface area contributed by atoms with Crippen molar-refractivity contribution < 1.29 is 9.13 Å². The molecule has 0 bridgehead atoms. The molecule has 0 fully saturated rings. The Kier molecular flexibility index (Phi) is 5.06. The number of halogens is 1. The van der Waals surface area contributed by atoms with Crippen molar-refractivity contribution in [1.82, 2.24) is 20.1 Å². The van der Waals surface area contributed by atoms with Crippen molar-refractivity contribution in [3.8, 4) is 5.75 Å². The third-order valence-electron chi connectivity index (χ3n) is 2.93. The molecule has 5 nitrogen and oxygen atoms in total. The first-order valence-corrected chi connectivity index (χ1v) is 6.65. The molecule has 6 heteroatoms. The van der Waals surface area contributed by atoms with Gasteiger partial charge < -0.3 is 10.1 Å². The van der Waals surface area contributed by atoms with E-state index in [9.17, 15) is 4.39 Å². The van der Waals surface area contributed by atoms with Gasteiger partial charge in [-0.25, -0.2) is 9.37 Å². The number of hydrogen-bond acceptors (Lipinski definition) is 4. The number of aryl methyl sites for hydroxylation is 1. The Hall–Kier alpha value is -1.95. The van der Waals surface area contributed by atoms with E-state index in [1.165, 1.54) is 18.5 Å². The molecule has 20 heavy (non-hydrogen) atoms. The molecule has 1 N–H and O–H groups in total. The Morgan fingerprint density at radius 3 is 2.95 bits per heavy atom. The van der Waals surface area contributed by atoms with E-state index in [2.05, 4.69) is 22.3 Å². The lowest BCUT2D eigenvalue weighted by Crippen LogP contribution is -2.15. The lowest BCUT2D eigenvalue weighted by molar-refractivity contribution is 0.285. The average Bonchev–Trinajstić information content (AvgIpc) is 2.84. The molecule has 0 amide bonds. The lowest BCUT2D eigenvalue weighted by Gasteiger charge is -2.12. The van der Waals surface area contributed by atoms with Crippen LogP contribution in [-0.2, 0) is 20.2 Å². The number of hydrogen-bond donors (Lipinski definition) is 1. The smallest absolute Gasteiger partial charge is 0.164 e. The van der Waals surface area contributed by atoms with Crippen molar-refractivity contribution in [2.24, 2.45) is 7.05 Å². The zero-order valence-electron chi connectivity index (χ0n) is 11.8. The predicted molar refractivity (Wildman–Crippen MR) is 73.7 cm³/mol. The molecule has 0 saturated carbocycles. The van der Waals surface area contributed by atoms with E-state index in [1.54, 1.807) is 17.8 Å². The average molecular weight is 278 g/mol. The largest absolute Gasteiger partial charge is 0.485 e. The van der Waals surface area contributed by atoms with E-state index >= 15 is 0 Å². The molecule has 0 spiro atoms. The number of aromatic nitrogens is 3. The van der Waals surface area contributed by atoms with Gasteiger partial charge in [-0.3, -0.25) is 4.68 Å². The van der Waals surface area contributed by atoms with E-state index in [1.807, 2.05) is 0 Å². The van der Waals surface area contributed by atoms with Crippen LogP contribution in [0.15, 0.2) is 24.5 Å². The number of nitrogens with one attached hydrogen (secondary N) is 1. The predicted octanol–water partition coefficient (Wildman–Crippen LogP) is 2.03. The van der Waals surface area contributed by atoms with Gasteiger partial charge in [0, 0.05) is 19.2 Å². The summed E-state index contributed by atoms with van der Waals surface area (Å²) in [6.07, 6.45) is 2.51. The van der Waals surface area contributed by atoms with Crippen LogP contribution in [0.1, 0.15) is 24.7 Å². The van der Waals surface area contributed by atoms with Crippen LogP contribution in [0.3, 0.4) is 0 Å². The zero-order valence-corrected chi connectivity index (χ0v) is 11.8. The second-order valence-corrected chi connectivity index (χ2v) is 4.52. The third-order valence-corrected chi connectivity index (χ3v) is 2.93. The minimum Gasteiger partial charge on any atom is -0.485 e. The molecule has 2 aromatic rings. The Labute approximate surface area is 117 Å². The number of ether oxygens (including phenoxy) is 1. The molecule has 108 valence electrons. The first-order valence-electron chi connectivity index (χ1n) is 6.65. The fraction of sp³-hybridized carbons (Fsp3) is 0.429. The monoisotopic (exact) mass is 278 g/mol. The Balaban J connectivity index is 2.04. The highest BCUT2D eigenvalue weighted by molar-refractivity contribution is 5.34. The molecule has 0 aliphatic carbocycles. The summed E-state index contributed by atoms with van der Waals surface area (Å²) in [7, 11) is 1.81. The minimum atomic E-state index is -0.260. The summed E-state index contributed by atoms with van der Waals surface area (Å²) in [4.78, 5) is 4.09. The van der Waals surface area contributed by atoms with Crippen molar-refractivity contribution in [3.05, 3.63) is 41.7 Å². The zero-order chi connectivity index (χ0) is 14.4. The maximum absolute atomic E-state index is 13.3. The van der Waals surface area contributed by atoms with Gasteiger partial charge in [0.1, 0.15) is 24.5 Å². The fourth-order valence-corrected chi connectivity index (χ4v) is 1.82. The van der Waals surface area contributed by atoms with Crippen LogP contribution in [0, 0.1) is 5.82 Å². The first kappa shape index (κ1) is 14.5. The van der Waals surface area contributed by atoms with Crippen LogP contribution in [-0.4, -0.2) is 21.3 Å². The molecule has 1 aromatic heterocycles. The molecule has 0 aliphatic heterocycles. The Bertz CT molecular complexity index is 556. The maximum atomic E-state index is 13.3. The van der Waals surface area contributed by atoms with E-state index in [-0.39, 0.29) is 5.82 Å². The van der Waals surface area contributed by atoms with E-state index in [0.29, 0.717) is 18.9 Å². The van der Waals surface area contributed by atoms with E-state index < -0.39 is 0 Å². The summed E-state index contributed by atoms with van der Waals surface area (Å²) in [6, 6.07) is 4.54. The molecule has 2 rings (SSSR count). The summed E-state index contributed by atoms with van der Waals surface area (Å²) in [5.41, 5.74) is 0.806. The van der Waals surface area contributed by atoms with Crippen LogP contribution in [0.4, 0.5) is 4.39 Å². The van der Waals surface area contributed by atoms with Crippen LogP contribution < -0.4 is 10.1 Å². The highest BCUT2D eigenvalue weighted by Crippen LogP contribution is 2.20. The number of nitrogens with zero attached hydrogens (tertiary/aromatic N) is 3. The standard InChI is InChI=1S/C14H19FN4O/c1-3-6-16-8-11-7-12(15)4-5-13(11)20-9-14-17-10-18-19(14)2/h4-5,7,10,16H,3,6,8-9H2,1-2H3. The SMILES string of the molecule is CCCNCc1cc(F)ccc1OCc1ncnn1C. The third kappa shape index (κ3) is 3.77. The van der Waals surface area contributed by atoms with Crippen molar-refractivity contribution in [3.63, 3.8) is 0 Å². The highest BCUT2D eigenvalue weighted by atomic mass is 19.1. The highest BCUT2D eigenvalue weighted by Gasteiger charge is 2.07. The quantitative estimate of drug-likeness (QED) is 0.787. The van der Waals surface area contributed by atoms with Crippen LogP contribution in [0.5, 0.6) is 5.75 Å². The van der Waals surface area contributed by atoms with Gasteiger partial charge in [0.2, 0.25) is 0 Å². The van der Waals surface area contributed by atoms with Crippen molar-refractivity contribution in [1.29, 1.82) is 0 Å². The summed E-state index contributed by atoms with van der Waals surface area (Å²) >= 11 is 0. The minimum absolute atomic E-state index is 0.260. The Morgan fingerprint density at radius 2 is 2.25 bits per heavy atom. The maximum Gasteiger partial charge on any atom is 0.164 e. The molecule has 0 aliphatic rings. The second-order valence-electron chi connectivity index (χ2n) is 4.52. The van der Waals surface area contributed by atoms with E-state index in [0.717, 1.165) is 24.4 Å². The lowest BCUT2D eigenvalue weighted by atomic mass is 10.2. The molecule has 0 unspecified atom stereocenters. The molecular weight excluding hydrogens is 259 g/mol. The molecule has 1 heterocycles. The van der Waals surface area contributed by atoms with Crippen molar-refractivity contribution in [2.45, 2.75) is 26.5 Å².